The molecule has 2 unspecified atom stereocenters. The van der Waals surface area contributed by atoms with Gasteiger partial charge >= 0.3 is 18.2 Å². The molecule has 0 bridgehead atoms. The summed E-state index contributed by atoms with van der Waals surface area (Å²) in [5.74, 6) is -0.892. The minimum absolute atomic E-state index is 0.0732. The SMILES string of the molecule is O=C(O)c1cnn(C(=O)N2CC3CN(Cc4cc(Cl)ccc4C(F)(F)F)CC3C2)c1. The molecule has 3 heterocycles. The molecule has 160 valence electrons. The van der Waals surface area contributed by atoms with Crippen LogP contribution in [0.2, 0.25) is 5.02 Å². The summed E-state index contributed by atoms with van der Waals surface area (Å²) < 4.78 is 40.9. The number of nitrogens with zero attached hydrogens (tertiary/aromatic N) is 4. The number of halogens is 4. The van der Waals surface area contributed by atoms with Crippen LogP contribution < -0.4 is 0 Å². The van der Waals surface area contributed by atoms with Gasteiger partial charge in [0.25, 0.3) is 0 Å². The molecule has 2 saturated heterocycles. The third-order valence-corrected chi connectivity index (χ3v) is 5.86. The van der Waals surface area contributed by atoms with E-state index < -0.39 is 23.7 Å². The molecule has 0 saturated carbocycles. The van der Waals surface area contributed by atoms with E-state index in [4.69, 9.17) is 16.7 Å². The summed E-state index contributed by atoms with van der Waals surface area (Å²) >= 11 is 5.91. The molecule has 30 heavy (non-hydrogen) atoms. The maximum Gasteiger partial charge on any atom is 0.416 e. The lowest BCUT2D eigenvalue weighted by atomic mass is 10.0. The number of carbonyl (C=O) groups excluding carboxylic acids is 1. The number of hydrogen-bond donors (Lipinski definition) is 1. The molecule has 7 nitrogen and oxygen atoms in total. The van der Waals surface area contributed by atoms with Crippen molar-refractivity contribution < 1.29 is 27.9 Å². The van der Waals surface area contributed by atoms with Crippen molar-refractivity contribution in [1.82, 2.24) is 19.6 Å². The molecule has 1 N–H and O–H groups in total. The summed E-state index contributed by atoms with van der Waals surface area (Å²) in [6.07, 6.45) is -2.16. The molecular formula is C19H18ClF3N4O3. The number of carbonyl (C=O) groups is 2. The second kappa shape index (κ2) is 7.59. The topological polar surface area (TPSA) is 78.7 Å². The molecule has 2 atom stereocenters. The number of fused-ring (bicyclic) bond motifs is 1. The first-order valence-corrected chi connectivity index (χ1v) is 9.65. The number of aromatic carboxylic acids is 1. The Balaban J connectivity index is 1.40. The van der Waals surface area contributed by atoms with Gasteiger partial charge in [-0.3, -0.25) is 4.90 Å². The number of rotatable bonds is 3. The van der Waals surface area contributed by atoms with Gasteiger partial charge in [0.1, 0.15) is 0 Å². The van der Waals surface area contributed by atoms with Crippen LogP contribution in [0.15, 0.2) is 30.6 Å². The van der Waals surface area contributed by atoms with Gasteiger partial charge in [-0.2, -0.15) is 23.0 Å². The van der Waals surface area contributed by atoms with Crippen LogP contribution in [-0.2, 0) is 12.7 Å². The Morgan fingerprint density at radius 3 is 2.40 bits per heavy atom. The van der Waals surface area contributed by atoms with Crippen molar-refractivity contribution in [2.24, 2.45) is 11.8 Å². The molecule has 2 fully saturated rings. The second-order valence-electron chi connectivity index (χ2n) is 7.68. The Bertz CT molecular complexity index is 980. The first-order chi connectivity index (χ1) is 14.1. The number of carboxylic acid groups (broad SMARTS) is 1. The van der Waals surface area contributed by atoms with Crippen LogP contribution in [0.5, 0.6) is 0 Å². The zero-order valence-electron chi connectivity index (χ0n) is 15.6. The molecule has 1 aromatic heterocycles. The average molecular weight is 443 g/mol. The summed E-state index contributed by atoms with van der Waals surface area (Å²) in [7, 11) is 0. The van der Waals surface area contributed by atoms with Crippen molar-refractivity contribution in [1.29, 1.82) is 0 Å². The zero-order chi connectivity index (χ0) is 21.6. The normalized spacial score (nSPS) is 21.8. The van der Waals surface area contributed by atoms with E-state index in [1.807, 2.05) is 4.90 Å². The average Bonchev–Trinajstić information content (AvgIpc) is 3.34. The van der Waals surface area contributed by atoms with Crippen molar-refractivity contribution in [2.45, 2.75) is 12.7 Å². The lowest BCUT2D eigenvalue weighted by molar-refractivity contribution is -0.138. The highest BCUT2D eigenvalue weighted by molar-refractivity contribution is 6.30. The Morgan fingerprint density at radius 2 is 1.83 bits per heavy atom. The number of hydrogen-bond acceptors (Lipinski definition) is 4. The number of alkyl halides is 3. The van der Waals surface area contributed by atoms with Crippen molar-refractivity contribution in [2.75, 3.05) is 26.2 Å². The van der Waals surface area contributed by atoms with Crippen LogP contribution in [0, 0.1) is 11.8 Å². The molecule has 2 aliphatic heterocycles. The molecule has 0 aliphatic carbocycles. The lowest BCUT2D eigenvalue weighted by Gasteiger charge is -2.23. The van der Waals surface area contributed by atoms with Gasteiger partial charge < -0.3 is 10.0 Å². The van der Waals surface area contributed by atoms with Gasteiger partial charge in [-0.25, -0.2) is 9.59 Å². The molecule has 2 aromatic rings. The van der Waals surface area contributed by atoms with Gasteiger partial charge in [-0.15, -0.1) is 0 Å². The van der Waals surface area contributed by atoms with E-state index in [2.05, 4.69) is 5.10 Å². The summed E-state index contributed by atoms with van der Waals surface area (Å²) in [6.45, 7) is 2.17. The highest BCUT2D eigenvalue weighted by Gasteiger charge is 2.42. The van der Waals surface area contributed by atoms with E-state index in [1.54, 1.807) is 4.90 Å². The standard InChI is InChI=1S/C19H18ClF3N4O3/c20-15-1-2-16(19(21,22)23)11(3-15)5-25-6-13-8-26(9-14(13)7-25)18(30)27-10-12(4-24-27)17(28)29/h1-4,10,13-14H,5-9H2,(H,28,29). The van der Waals surface area contributed by atoms with Crippen molar-refractivity contribution in [3.63, 3.8) is 0 Å². The highest BCUT2D eigenvalue weighted by atomic mass is 35.5. The maximum absolute atomic E-state index is 13.3. The summed E-state index contributed by atoms with van der Waals surface area (Å²) in [5.41, 5.74) is -0.620. The highest BCUT2D eigenvalue weighted by Crippen LogP contribution is 2.36. The third-order valence-electron chi connectivity index (χ3n) is 5.62. The molecule has 1 aromatic carbocycles. The van der Waals surface area contributed by atoms with Crippen LogP contribution in [0.25, 0.3) is 0 Å². The van der Waals surface area contributed by atoms with Gasteiger partial charge in [0.2, 0.25) is 0 Å². The predicted octanol–water partition coefficient (Wildman–Crippen LogP) is 3.29. The van der Waals surface area contributed by atoms with E-state index in [9.17, 15) is 22.8 Å². The fraction of sp³-hybridized carbons (Fsp3) is 0.421. The van der Waals surface area contributed by atoms with E-state index in [0.29, 0.717) is 26.2 Å². The Kier molecular flexibility index (Phi) is 5.23. The van der Waals surface area contributed by atoms with Crippen molar-refractivity contribution in [3.8, 4) is 0 Å². The smallest absolute Gasteiger partial charge is 0.416 e. The van der Waals surface area contributed by atoms with Crippen molar-refractivity contribution >= 4 is 23.6 Å². The van der Waals surface area contributed by atoms with E-state index in [0.717, 1.165) is 16.9 Å². The minimum Gasteiger partial charge on any atom is -0.478 e. The number of likely N-dealkylation sites (tertiary alicyclic amines) is 2. The third kappa shape index (κ3) is 4.01. The number of amides is 1. The molecule has 1 amide bonds. The molecule has 11 heteroatoms. The van der Waals surface area contributed by atoms with Crippen LogP contribution in [0.4, 0.5) is 18.0 Å². The first kappa shape index (κ1) is 20.7. The summed E-state index contributed by atoms with van der Waals surface area (Å²) in [4.78, 5) is 27.1. The summed E-state index contributed by atoms with van der Waals surface area (Å²) in [5, 5.41) is 13.0. The van der Waals surface area contributed by atoms with Gasteiger partial charge in [-0.1, -0.05) is 11.6 Å². The van der Waals surface area contributed by atoms with Gasteiger partial charge in [0.15, 0.2) is 0 Å². The number of carboxylic acids is 1. The molecule has 2 aliphatic rings. The van der Waals surface area contributed by atoms with E-state index in [-0.39, 0.29) is 34.5 Å². The second-order valence-corrected chi connectivity index (χ2v) is 8.12. The molecule has 0 radical (unpaired) electrons. The quantitative estimate of drug-likeness (QED) is 0.789. The molecule has 4 rings (SSSR count). The van der Waals surface area contributed by atoms with Gasteiger partial charge in [0, 0.05) is 37.7 Å². The molecular weight excluding hydrogens is 425 g/mol. The monoisotopic (exact) mass is 442 g/mol. The summed E-state index contributed by atoms with van der Waals surface area (Å²) in [6, 6.07) is 3.19. The number of aromatic nitrogens is 2. The molecule has 0 spiro atoms. The Labute approximate surface area is 174 Å². The van der Waals surface area contributed by atoms with Gasteiger partial charge in [0.05, 0.1) is 23.5 Å². The van der Waals surface area contributed by atoms with Crippen molar-refractivity contribution in [3.05, 3.63) is 52.3 Å². The Morgan fingerprint density at radius 1 is 1.17 bits per heavy atom. The fourth-order valence-corrected chi connectivity index (χ4v) is 4.46. The van der Waals surface area contributed by atoms with Crippen LogP contribution in [0.3, 0.4) is 0 Å². The maximum atomic E-state index is 13.3. The van der Waals surface area contributed by atoms with Crippen LogP contribution >= 0.6 is 11.6 Å². The van der Waals surface area contributed by atoms with Crippen LogP contribution in [-0.4, -0.2) is 62.9 Å². The van der Waals surface area contributed by atoms with E-state index >= 15 is 0 Å². The largest absolute Gasteiger partial charge is 0.478 e. The predicted molar refractivity (Wildman–Crippen MR) is 100 cm³/mol. The first-order valence-electron chi connectivity index (χ1n) is 9.27. The van der Waals surface area contributed by atoms with Gasteiger partial charge in [-0.05, 0) is 35.6 Å². The zero-order valence-corrected chi connectivity index (χ0v) is 16.4. The Hall–Kier alpha value is -2.59. The number of benzene rings is 1. The van der Waals surface area contributed by atoms with E-state index in [1.165, 1.54) is 18.3 Å². The fourth-order valence-electron chi connectivity index (χ4n) is 4.27. The minimum atomic E-state index is -4.45. The van der Waals surface area contributed by atoms with Crippen LogP contribution in [0.1, 0.15) is 21.5 Å². The lowest BCUT2D eigenvalue weighted by Crippen LogP contribution is -2.36.